The summed E-state index contributed by atoms with van der Waals surface area (Å²) in [4.78, 5) is 20.1. The van der Waals surface area contributed by atoms with E-state index in [1.165, 1.54) is 41.1 Å². The number of ether oxygens (including phenoxy) is 1. The first-order valence-corrected chi connectivity index (χ1v) is 11.6. The smallest absolute Gasteiger partial charge is 0.406 e. The number of alkyl halides is 3. The highest BCUT2D eigenvalue weighted by atomic mass is 32.2. The van der Waals surface area contributed by atoms with Gasteiger partial charge in [-0.1, -0.05) is 0 Å². The van der Waals surface area contributed by atoms with Crippen LogP contribution in [0.15, 0.2) is 70.5 Å². The second-order valence-electron chi connectivity index (χ2n) is 8.55. The van der Waals surface area contributed by atoms with Gasteiger partial charge in [0.25, 0.3) is 5.56 Å². The molecule has 2 heterocycles. The van der Waals surface area contributed by atoms with Crippen molar-refractivity contribution in [2.45, 2.75) is 36.8 Å². The summed E-state index contributed by atoms with van der Waals surface area (Å²) in [6.07, 6.45) is -3.32. The van der Waals surface area contributed by atoms with Crippen molar-refractivity contribution in [3.8, 4) is 22.8 Å². The minimum absolute atomic E-state index is 0.161. The van der Waals surface area contributed by atoms with Crippen LogP contribution in [0.3, 0.4) is 0 Å². The zero-order valence-corrected chi connectivity index (χ0v) is 19.2. The number of nitrogens with one attached hydrogen (secondary N) is 1. The standard InChI is InChI=1S/C23H20F3N3O4S/c1-22(2,3)34(31,32)17-9-10-18-19(12-17)28-21(27-18)14-4-11-20(30)29(13-14)15-5-7-16(8-6-15)33-23(24,25)26/h4-13H,1-3H3,(H,27,28). The van der Waals surface area contributed by atoms with E-state index in [1.807, 2.05) is 0 Å². The van der Waals surface area contributed by atoms with Crippen molar-refractivity contribution in [1.29, 1.82) is 0 Å². The third-order valence-electron chi connectivity index (χ3n) is 5.10. The Morgan fingerprint density at radius 3 is 2.26 bits per heavy atom. The molecule has 2 aromatic heterocycles. The molecule has 1 N–H and O–H groups in total. The molecule has 4 rings (SSSR count). The molecule has 2 aromatic carbocycles. The monoisotopic (exact) mass is 491 g/mol. The molecule has 0 unspecified atom stereocenters. The van der Waals surface area contributed by atoms with Crippen LogP contribution in [0.4, 0.5) is 13.2 Å². The van der Waals surface area contributed by atoms with E-state index >= 15 is 0 Å². The molecule has 0 fully saturated rings. The quantitative estimate of drug-likeness (QED) is 0.440. The minimum Gasteiger partial charge on any atom is -0.406 e. The fourth-order valence-corrected chi connectivity index (χ4v) is 4.51. The van der Waals surface area contributed by atoms with E-state index in [2.05, 4.69) is 14.7 Å². The van der Waals surface area contributed by atoms with E-state index in [0.717, 1.165) is 12.1 Å². The molecule has 0 saturated carbocycles. The first-order valence-electron chi connectivity index (χ1n) is 10.1. The van der Waals surface area contributed by atoms with Crippen LogP contribution in [0, 0.1) is 0 Å². The maximum atomic E-state index is 12.8. The van der Waals surface area contributed by atoms with Gasteiger partial charge >= 0.3 is 6.36 Å². The Bertz CT molecular complexity index is 1530. The van der Waals surface area contributed by atoms with E-state index in [0.29, 0.717) is 28.1 Å². The molecule has 0 saturated heterocycles. The fraction of sp³-hybridized carbons (Fsp3) is 0.217. The van der Waals surface area contributed by atoms with E-state index in [-0.39, 0.29) is 4.90 Å². The van der Waals surface area contributed by atoms with Crippen molar-refractivity contribution < 1.29 is 26.3 Å². The number of pyridine rings is 1. The Morgan fingerprint density at radius 2 is 1.65 bits per heavy atom. The number of benzene rings is 2. The number of halogens is 3. The lowest BCUT2D eigenvalue weighted by molar-refractivity contribution is -0.274. The van der Waals surface area contributed by atoms with Gasteiger partial charge in [0.15, 0.2) is 9.84 Å². The summed E-state index contributed by atoms with van der Waals surface area (Å²) in [7, 11) is -3.56. The highest BCUT2D eigenvalue weighted by Gasteiger charge is 2.32. The Hall–Kier alpha value is -3.60. The molecule has 0 aliphatic heterocycles. The summed E-state index contributed by atoms with van der Waals surface area (Å²) in [6, 6.07) is 12.3. The lowest BCUT2D eigenvalue weighted by Gasteiger charge is -2.19. The van der Waals surface area contributed by atoms with Gasteiger partial charge in [0.05, 0.1) is 20.7 Å². The van der Waals surface area contributed by atoms with Crippen molar-refractivity contribution in [3.05, 3.63) is 71.1 Å². The maximum Gasteiger partial charge on any atom is 0.573 e. The third kappa shape index (κ3) is 4.56. The number of fused-ring (bicyclic) bond motifs is 1. The number of hydrogen-bond acceptors (Lipinski definition) is 5. The topological polar surface area (TPSA) is 94.1 Å². The lowest BCUT2D eigenvalue weighted by atomic mass is 10.2. The van der Waals surface area contributed by atoms with Crippen molar-refractivity contribution >= 4 is 20.9 Å². The number of imidazole rings is 1. The van der Waals surface area contributed by atoms with E-state index in [1.54, 1.807) is 32.9 Å². The van der Waals surface area contributed by atoms with Gasteiger partial charge in [-0.15, -0.1) is 13.2 Å². The summed E-state index contributed by atoms with van der Waals surface area (Å²) in [5.74, 6) is -0.00941. The molecular formula is C23H20F3N3O4S. The first-order chi connectivity index (χ1) is 15.7. The van der Waals surface area contributed by atoms with Gasteiger partial charge in [0.2, 0.25) is 0 Å². The summed E-state index contributed by atoms with van der Waals surface area (Å²) < 4.78 is 66.8. The van der Waals surface area contributed by atoms with E-state index < -0.39 is 32.3 Å². The second-order valence-corrected chi connectivity index (χ2v) is 11.3. The molecule has 0 aliphatic rings. The van der Waals surface area contributed by atoms with Crippen LogP contribution in [0.2, 0.25) is 0 Å². The van der Waals surface area contributed by atoms with Crippen molar-refractivity contribution in [2.24, 2.45) is 0 Å². The first kappa shape index (κ1) is 23.6. The Morgan fingerprint density at radius 1 is 0.971 bits per heavy atom. The van der Waals surface area contributed by atoms with Crippen LogP contribution in [-0.2, 0) is 9.84 Å². The Balaban J connectivity index is 1.71. The van der Waals surface area contributed by atoms with Gasteiger partial charge in [-0.05, 0) is 69.3 Å². The molecular weight excluding hydrogens is 471 g/mol. The minimum atomic E-state index is -4.81. The molecule has 4 aromatic rings. The summed E-state index contributed by atoms with van der Waals surface area (Å²) in [5.41, 5.74) is 1.49. The van der Waals surface area contributed by atoms with Gasteiger partial charge < -0.3 is 9.72 Å². The van der Waals surface area contributed by atoms with E-state index in [4.69, 9.17) is 0 Å². The lowest BCUT2D eigenvalue weighted by Crippen LogP contribution is -2.27. The van der Waals surface area contributed by atoms with Crippen LogP contribution in [0.5, 0.6) is 5.75 Å². The van der Waals surface area contributed by atoms with Crippen LogP contribution < -0.4 is 10.3 Å². The summed E-state index contributed by atoms with van der Waals surface area (Å²) >= 11 is 0. The number of rotatable bonds is 4. The third-order valence-corrected chi connectivity index (χ3v) is 7.59. The summed E-state index contributed by atoms with van der Waals surface area (Å²) in [5, 5.41) is 0. The fourth-order valence-electron chi connectivity index (χ4n) is 3.28. The van der Waals surface area contributed by atoms with E-state index in [9.17, 15) is 26.4 Å². The predicted molar refractivity (Wildman–Crippen MR) is 121 cm³/mol. The molecule has 0 atom stereocenters. The molecule has 0 radical (unpaired) electrons. The predicted octanol–water partition coefficient (Wildman–Crippen LogP) is 4.85. The Kier molecular flexibility index (Phi) is 5.55. The van der Waals surface area contributed by atoms with Crippen molar-refractivity contribution in [1.82, 2.24) is 14.5 Å². The highest BCUT2D eigenvalue weighted by molar-refractivity contribution is 7.92. The van der Waals surface area contributed by atoms with Crippen molar-refractivity contribution in [2.75, 3.05) is 0 Å². The van der Waals surface area contributed by atoms with Gasteiger partial charge in [0, 0.05) is 23.5 Å². The molecule has 0 spiro atoms. The summed E-state index contributed by atoms with van der Waals surface area (Å²) in [6.45, 7) is 4.86. The van der Waals surface area contributed by atoms with Crippen LogP contribution in [0.1, 0.15) is 20.8 Å². The molecule has 34 heavy (non-hydrogen) atoms. The van der Waals surface area contributed by atoms with Gasteiger partial charge in [-0.3, -0.25) is 9.36 Å². The van der Waals surface area contributed by atoms with Gasteiger partial charge in [0.1, 0.15) is 11.6 Å². The van der Waals surface area contributed by atoms with Crippen molar-refractivity contribution in [3.63, 3.8) is 0 Å². The number of aromatic amines is 1. The highest BCUT2D eigenvalue weighted by Crippen LogP contribution is 2.29. The zero-order chi connectivity index (χ0) is 24.9. The number of sulfone groups is 1. The SMILES string of the molecule is CC(C)(C)S(=O)(=O)c1ccc2nc(-c3ccc(=O)n(-c4ccc(OC(F)(F)F)cc4)c3)[nH]c2c1. The number of H-pyrrole nitrogens is 1. The average Bonchev–Trinajstić information content (AvgIpc) is 3.16. The second kappa shape index (κ2) is 8.01. The Labute approximate surface area is 192 Å². The average molecular weight is 491 g/mol. The number of nitrogens with zero attached hydrogens (tertiary/aromatic N) is 2. The normalized spacial score (nSPS) is 12.8. The van der Waals surface area contributed by atoms with Gasteiger partial charge in [-0.2, -0.15) is 0 Å². The number of aromatic nitrogens is 3. The molecule has 7 nitrogen and oxygen atoms in total. The number of hydrogen-bond donors (Lipinski definition) is 1. The molecule has 0 amide bonds. The molecule has 11 heteroatoms. The zero-order valence-electron chi connectivity index (χ0n) is 18.3. The largest absolute Gasteiger partial charge is 0.573 e. The van der Waals surface area contributed by atoms with Crippen LogP contribution in [0.25, 0.3) is 28.1 Å². The molecule has 0 bridgehead atoms. The maximum absolute atomic E-state index is 12.8. The van der Waals surface area contributed by atoms with Gasteiger partial charge in [-0.25, -0.2) is 13.4 Å². The molecule has 0 aliphatic carbocycles. The van der Waals surface area contributed by atoms with Crippen LogP contribution in [-0.4, -0.2) is 34.1 Å². The molecule has 178 valence electrons. The van der Waals surface area contributed by atoms with Crippen LogP contribution >= 0.6 is 0 Å².